The molecular formula is C28H32N2O4S. The summed E-state index contributed by atoms with van der Waals surface area (Å²) >= 11 is 0. The van der Waals surface area contributed by atoms with Crippen molar-refractivity contribution >= 4 is 38.2 Å². The van der Waals surface area contributed by atoms with Crippen molar-refractivity contribution in [2.45, 2.75) is 45.1 Å². The third kappa shape index (κ3) is 5.26. The van der Waals surface area contributed by atoms with Gasteiger partial charge in [0.1, 0.15) is 0 Å². The summed E-state index contributed by atoms with van der Waals surface area (Å²) in [5.41, 5.74) is 2.89. The molecule has 3 aromatic carbocycles. The van der Waals surface area contributed by atoms with Gasteiger partial charge in [-0.15, -0.1) is 0 Å². The molecule has 1 amide bonds. The zero-order valence-electron chi connectivity index (χ0n) is 20.4. The van der Waals surface area contributed by atoms with Gasteiger partial charge in [0.05, 0.1) is 11.8 Å². The molecular weight excluding hydrogens is 460 g/mol. The first kappa shape index (κ1) is 24.9. The SMILES string of the molecule is CC(=O)N(C=CC1N(CCCCS(=O)(=O)O)c2ccc3ccccc3c2C1(C)C)c1ccccc1. The van der Waals surface area contributed by atoms with Gasteiger partial charge >= 0.3 is 0 Å². The summed E-state index contributed by atoms with van der Waals surface area (Å²) in [7, 11) is -3.98. The lowest BCUT2D eigenvalue weighted by molar-refractivity contribution is -0.116. The van der Waals surface area contributed by atoms with Crippen LogP contribution in [0.4, 0.5) is 11.4 Å². The zero-order chi connectivity index (χ0) is 25.2. The van der Waals surface area contributed by atoms with Crippen molar-refractivity contribution in [3.8, 4) is 0 Å². The molecule has 3 aromatic rings. The van der Waals surface area contributed by atoms with Gasteiger partial charge < -0.3 is 4.90 Å². The molecule has 35 heavy (non-hydrogen) atoms. The van der Waals surface area contributed by atoms with Crippen LogP contribution in [0.3, 0.4) is 0 Å². The summed E-state index contributed by atoms with van der Waals surface area (Å²) in [5, 5.41) is 2.37. The maximum atomic E-state index is 12.5. The van der Waals surface area contributed by atoms with E-state index in [1.165, 1.54) is 16.3 Å². The summed E-state index contributed by atoms with van der Waals surface area (Å²) in [5.74, 6) is -0.326. The minimum Gasteiger partial charge on any atom is -0.364 e. The third-order valence-electron chi connectivity index (χ3n) is 6.78. The van der Waals surface area contributed by atoms with Gasteiger partial charge in [0.2, 0.25) is 5.91 Å². The van der Waals surface area contributed by atoms with Crippen LogP contribution < -0.4 is 9.80 Å². The molecule has 0 aromatic heterocycles. The minimum atomic E-state index is -3.98. The Hall–Kier alpha value is -3.16. The van der Waals surface area contributed by atoms with E-state index in [9.17, 15) is 13.2 Å². The Morgan fingerprint density at radius 3 is 2.40 bits per heavy atom. The van der Waals surface area contributed by atoms with E-state index in [0.29, 0.717) is 19.4 Å². The Kier molecular flexibility index (Phi) is 7.01. The van der Waals surface area contributed by atoms with Crippen molar-refractivity contribution in [1.29, 1.82) is 0 Å². The highest BCUT2D eigenvalue weighted by atomic mass is 32.2. The van der Waals surface area contributed by atoms with Crippen LogP contribution in [0.15, 0.2) is 79.0 Å². The number of amides is 1. The molecule has 0 saturated heterocycles. The monoisotopic (exact) mass is 492 g/mol. The maximum Gasteiger partial charge on any atom is 0.264 e. The quantitative estimate of drug-likeness (QED) is 0.330. The van der Waals surface area contributed by atoms with E-state index >= 15 is 0 Å². The lowest BCUT2D eigenvalue weighted by atomic mass is 9.78. The largest absolute Gasteiger partial charge is 0.364 e. The highest BCUT2D eigenvalue weighted by Gasteiger charge is 2.44. The zero-order valence-corrected chi connectivity index (χ0v) is 21.2. The van der Waals surface area contributed by atoms with Crippen LogP contribution in [0.25, 0.3) is 10.8 Å². The Morgan fingerprint density at radius 1 is 1.03 bits per heavy atom. The molecule has 0 aliphatic carbocycles. The molecule has 1 aliphatic heterocycles. The Bertz CT molecular complexity index is 1350. The first-order chi connectivity index (χ1) is 16.6. The Morgan fingerprint density at radius 2 is 1.71 bits per heavy atom. The van der Waals surface area contributed by atoms with Gasteiger partial charge in [-0.3, -0.25) is 14.2 Å². The number of carbonyl (C=O) groups is 1. The molecule has 1 aliphatic rings. The predicted molar refractivity (Wildman–Crippen MR) is 142 cm³/mol. The number of benzene rings is 3. The fourth-order valence-electron chi connectivity index (χ4n) is 5.16. The first-order valence-electron chi connectivity index (χ1n) is 11.9. The van der Waals surface area contributed by atoms with Gasteiger partial charge in [0.25, 0.3) is 10.1 Å². The molecule has 0 bridgehead atoms. The van der Waals surface area contributed by atoms with Crippen LogP contribution in [-0.4, -0.2) is 37.2 Å². The molecule has 0 fully saturated rings. The fourth-order valence-corrected chi connectivity index (χ4v) is 5.73. The number of unbranched alkanes of at least 4 members (excludes halogenated alkanes) is 1. The molecule has 1 N–H and O–H groups in total. The molecule has 0 spiro atoms. The summed E-state index contributed by atoms with van der Waals surface area (Å²) in [4.78, 5) is 16.4. The van der Waals surface area contributed by atoms with Gasteiger partial charge in [-0.1, -0.05) is 62.4 Å². The normalized spacial score (nSPS) is 17.1. The van der Waals surface area contributed by atoms with E-state index in [1.54, 1.807) is 11.8 Å². The van der Waals surface area contributed by atoms with E-state index in [1.807, 2.05) is 48.7 Å². The fraction of sp³-hybridized carbons (Fsp3) is 0.321. The summed E-state index contributed by atoms with van der Waals surface area (Å²) in [6.07, 6.45) is 4.91. The molecule has 0 radical (unpaired) electrons. The van der Waals surface area contributed by atoms with Gasteiger partial charge in [0, 0.05) is 36.5 Å². The molecule has 0 saturated carbocycles. The minimum absolute atomic E-state index is 0.0559. The van der Waals surface area contributed by atoms with Crippen LogP contribution in [0, 0.1) is 0 Å². The molecule has 1 atom stereocenters. The van der Waals surface area contributed by atoms with E-state index in [4.69, 9.17) is 4.55 Å². The van der Waals surface area contributed by atoms with Crippen molar-refractivity contribution < 1.29 is 17.8 Å². The van der Waals surface area contributed by atoms with E-state index in [0.717, 1.165) is 11.4 Å². The Balaban J connectivity index is 1.73. The highest BCUT2D eigenvalue weighted by Crippen LogP contribution is 2.49. The van der Waals surface area contributed by atoms with Crippen molar-refractivity contribution in [1.82, 2.24) is 0 Å². The lowest BCUT2D eigenvalue weighted by Gasteiger charge is -2.33. The van der Waals surface area contributed by atoms with Gasteiger partial charge in [-0.25, -0.2) is 0 Å². The summed E-state index contributed by atoms with van der Waals surface area (Å²) < 4.78 is 31.6. The number of hydrogen-bond donors (Lipinski definition) is 1. The van der Waals surface area contributed by atoms with E-state index < -0.39 is 10.1 Å². The number of rotatable bonds is 8. The van der Waals surface area contributed by atoms with E-state index in [-0.39, 0.29) is 23.1 Å². The summed E-state index contributed by atoms with van der Waals surface area (Å²) in [6, 6.07) is 22.1. The first-order valence-corrected chi connectivity index (χ1v) is 13.5. The van der Waals surface area contributed by atoms with Crippen molar-refractivity contribution in [2.24, 2.45) is 0 Å². The Labute approximate surface area is 207 Å². The standard InChI is InChI=1S/C28H32N2O4S/c1-21(31)29(23-12-5-4-6-13-23)19-17-26-28(2,3)27-24-14-8-7-11-22(24)15-16-25(27)30(26)18-9-10-20-35(32,33)34/h4-8,11-17,19,26H,9-10,18,20H2,1-3H3,(H,32,33,34). The van der Waals surface area contributed by atoms with Gasteiger partial charge in [0.15, 0.2) is 0 Å². The number of carbonyl (C=O) groups excluding carboxylic acids is 1. The molecule has 7 heteroatoms. The van der Waals surface area contributed by atoms with Crippen LogP contribution in [0.1, 0.15) is 39.2 Å². The van der Waals surface area contributed by atoms with E-state index in [2.05, 4.69) is 49.1 Å². The van der Waals surface area contributed by atoms with Crippen LogP contribution in [0.2, 0.25) is 0 Å². The second kappa shape index (κ2) is 9.84. The second-order valence-corrected chi connectivity index (χ2v) is 11.2. The maximum absolute atomic E-state index is 12.5. The molecule has 184 valence electrons. The predicted octanol–water partition coefficient (Wildman–Crippen LogP) is 5.54. The molecule has 1 unspecified atom stereocenters. The van der Waals surface area contributed by atoms with Crippen molar-refractivity contribution in [3.05, 3.63) is 84.6 Å². The molecule has 1 heterocycles. The van der Waals surface area contributed by atoms with Crippen molar-refractivity contribution in [3.63, 3.8) is 0 Å². The van der Waals surface area contributed by atoms with Gasteiger partial charge in [-0.05, 0) is 53.5 Å². The average molecular weight is 493 g/mol. The smallest absolute Gasteiger partial charge is 0.264 e. The lowest BCUT2D eigenvalue weighted by Crippen LogP contribution is -2.41. The topological polar surface area (TPSA) is 77.9 Å². The van der Waals surface area contributed by atoms with Crippen LogP contribution in [0.5, 0.6) is 0 Å². The van der Waals surface area contributed by atoms with Gasteiger partial charge in [-0.2, -0.15) is 8.42 Å². The van der Waals surface area contributed by atoms with Crippen molar-refractivity contribution in [2.75, 3.05) is 22.1 Å². The second-order valence-electron chi connectivity index (χ2n) is 9.60. The highest BCUT2D eigenvalue weighted by molar-refractivity contribution is 7.85. The third-order valence-corrected chi connectivity index (χ3v) is 7.58. The average Bonchev–Trinajstić information content (AvgIpc) is 3.03. The molecule has 6 nitrogen and oxygen atoms in total. The van der Waals surface area contributed by atoms with Crippen LogP contribution in [-0.2, 0) is 20.3 Å². The number of nitrogens with zero attached hydrogens (tertiary/aromatic N) is 2. The molecule has 4 rings (SSSR count). The number of para-hydroxylation sites is 1. The number of anilines is 2. The number of fused-ring (bicyclic) bond motifs is 3. The van der Waals surface area contributed by atoms with Crippen LogP contribution >= 0.6 is 0 Å². The number of hydrogen-bond acceptors (Lipinski definition) is 4. The summed E-state index contributed by atoms with van der Waals surface area (Å²) in [6.45, 7) is 6.61.